The van der Waals surface area contributed by atoms with Gasteiger partial charge in [-0.2, -0.15) is 0 Å². The van der Waals surface area contributed by atoms with Crippen LogP contribution in [0.15, 0.2) is 12.2 Å². The predicted octanol–water partition coefficient (Wildman–Crippen LogP) is 1.54. The normalized spacial score (nSPS) is 32.3. The Morgan fingerprint density at radius 2 is 1.67 bits per heavy atom. The maximum absolute atomic E-state index is 11.5. The summed E-state index contributed by atoms with van der Waals surface area (Å²) in [6, 6.07) is 0.614. The second-order valence-corrected chi connectivity index (χ2v) is 9.17. The lowest BCUT2D eigenvalue weighted by Crippen LogP contribution is -2.50. The summed E-state index contributed by atoms with van der Waals surface area (Å²) in [5.74, 6) is 1.58. The van der Waals surface area contributed by atoms with Crippen molar-refractivity contribution >= 4 is 9.84 Å². The van der Waals surface area contributed by atoms with Crippen molar-refractivity contribution in [3.05, 3.63) is 12.2 Å². The van der Waals surface area contributed by atoms with Crippen LogP contribution >= 0.6 is 0 Å². The van der Waals surface area contributed by atoms with E-state index < -0.39 is 9.84 Å². The Labute approximate surface area is 129 Å². The van der Waals surface area contributed by atoms with E-state index in [1.165, 1.54) is 51.7 Å². The fraction of sp³-hybridized carbons (Fsp3) is 0.875. The molecule has 4 nitrogen and oxygen atoms in total. The quantitative estimate of drug-likeness (QED) is 0.741. The van der Waals surface area contributed by atoms with Crippen molar-refractivity contribution < 1.29 is 8.42 Å². The van der Waals surface area contributed by atoms with Crippen LogP contribution in [0.2, 0.25) is 0 Å². The molecule has 0 saturated carbocycles. The monoisotopic (exact) mass is 312 g/mol. The molecule has 2 fully saturated rings. The van der Waals surface area contributed by atoms with E-state index in [0.29, 0.717) is 17.5 Å². The zero-order chi connectivity index (χ0) is 14.7. The molecule has 0 radical (unpaired) electrons. The highest BCUT2D eigenvalue weighted by atomic mass is 32.2. The van der Waals surface area contributed by atoms with E-state index in [4.69, 9.17) is 0 Å². The van der Waals surface area contributed by atoms with Gasteiger partial charge in [0.1, 0.15) is 0 Å². The van der Waals surface area contributed by atoms with Crippen LogP contribution in [0.25, 0.3) is 0 Å². The third-order valence-electron chi connectivity index (χ3n) is 5.35. The van der Waals surface area contributed by atoms with Gasteiger partial charge in [-0.25, -0.2) is 8.42 Å². The van der Waals surface area contributed by atoms with Crippen molar-refractivity contribution in [3.63, 3.8) is 0 Å². The van der Waals surface area contributed by atoms with Crippen LogP contribution in [0.4, 0.5) is 0 Å². The van der Waals surface area contributed by atoms with Gasteiger partial charge in [0.15, 0.2) is 9.84 Å². The van der Waals surface area contributed by atoms with Crippen molar-refractivity contribution in [2.24, 2.45) is 5.92 Å². The van der Waals surface area contributed by atoms with E-state index in [1.54, 1.807) is 0 Å². The van der Waals surface area contributed by atoms with Gasteiger partial charge < -0.3 is 4.90 Å². The Morgan fingerprint density at radius 1 is 0.952 bits per heavy atom. The standard InChI is InChI=1S/C16H28N2O2S/c19-21(20)12-10-18(11-13-21)16-6-8-17(9-7-16)14-15-4-2-1-3-5-15/h1-2,15-16H,3-14H2/t15-/m0/s1. The topological polar surface area (TPSA) is 40.6 Å². The SMILES string of the molecule is O=S1(=O)CCN(C2CCN(C[C@H]3CC=CCC3)CC2)CC1. The van der Waals surface area contributed by atoms with Gasteiger partial charge in [-0.15, -0.1) is 0 Å². The number of nitrogens with zero attached hydrogens (tertiary/aromatic N) is 2. The minimum Gasteiger partial charge on any atom is -0.303 e. The lowest BCUT2D eigenvalue weighted by molar-refractivity contribution is 0.103. The smallest absolute Gasteiger partial charge is 0.152 e. The first-order chi connectivity index (χ1) is 10.1. The van der Waals surface area contributed by atoms with Crippen LogP contribution < -0.4 is 0 Å². The summed E-state index contributed by atoms with van der Waals surface area (Å²) in [7, 11) is -2.74. The molecule has 0 unspecified atom stereocenters. The highest BCUT2D eigenvalue weighted by Crippen LogP contribution is 2.23. The largest absolute Gasteiger partial charge is 0.303 e. The molecular formula is C16H28N2O2S. The summed E-state index contributed by atoms with van der Waals surface area (Å²) in [5, 5.41) is 0. The second kappa shape index (κ2) is 6.80. The fourth-order valence-corrected chi connectivity index (χ4v) is 5.18. The van der Waals surface area contributed by atoms with Gasteiger partial charge in [0.2, 0.25) is 0 Å². The second-order valence-electron chi connectivity index (χ2n) is 6.87. The molecule has 0 bridgehead atoms. The molecule has 3 aliphatic rings. The first-order valence-electron chi connectivity index (χ1n) is 8.44. The highest BCUT2D eigenvalue weighted by molar-refractivity contribution is 7.91. The molecule has 1 atom stereocenters. The zero-order valence-electron chi connectivity index (χ0n) is 12.9. The van der Waals surface area contributed by atoms with Crippen LogP contribution in [-0.2, 0) is 9.84 Å². The zero-order valence-corrected chi connectivity index (χ0v) is 13.7. The molecule has 1 aliphatic carbocycles. The lowest BCUT2D eigenvalue weighted by atomic mass is 9.92. The Bertz CT molecular complexity index is 453. The van der Waals surface area contributed by atoms with E-state index in [0.717, 1.165) is 19.0 Å². The van der Waals surface area contributed by atoms with Gasteiger partial charge in [0.05, 0.1) is 11.5 Å². The predicted molar refractivity (Wildman–Crippen MR) is 86.2 cm³/mol. The number of piperidine rings is 1. The number of hydrogen-bond acceptors (Lipinski definition) is 4. The van der Waals surface area contributed by atoms with Crippen LogP contribution in [-0.4, -0.2) is 68.5 Å². The summed E-state index contributed by atoms with van der Waals surface area (Å²) < 4.78 is 23.0. The molecular weight excluding hydrogens is 284 g/mol. The Hall–Kier alpha value is -0.390. The Balaban J connectivity index is 1.42. The van der Waals surface area contributed by atoms with E-state index in [2.05, 4.69) is 22.0 Å². The third-order valence-corrected chi connectivity index (χ3v) is 6.96. The van der Waals surface area contributed by atoms with Crippen LogP contribution in [0, 0.1) is 5.92 Å². The molecule has 0 aromatic carbocycles. The molecule has 3 rings (SSSR count). The van der Waals surface area contributed by atoms with Gasteiger partial charge in [-0.1, -0.05) is 12.2 Å². The first kappa shape index (κ1) is 15.5. The van der Waals surface area contributed by atoms with Crippen molar-refractivity contribution in [2.45, 2.75) is 38.1 Å². The van der Waals surface area contributed by atoms with Crippen LogP contribution in [0.1, 0.15) is 32.1 Å². The van der Waals surface area contributed by atoms with Gasteiger partial charge in [-0.05, 0) is 51.1 Å². The van der Waals surface area contributed by atoms with Crippen LogP contribution in [0.5, 0.6) is 0 Å². The van der Waals surface area contributed by atoms with Gasteiger partial charge in [0.25, 0.3) is 0 Å². The maximum atomic E-state index is 11.5. The number of allylic oxidation sites excluding steroid dienone is 2. The molecule has 2 heterocycles. The number of rotatable bonds is 3. The van der Waals surface area contributed by atoms with Gasteiger partial charge in [-0.3, -0.25) is 4.90 Å². The van der Waals surface area contributed by atoms with Gasteiger partial charge in [0, 0.05) is 25.7 Å². The summed E-state index contributed by atoms with van der Waals surface area (Å²) in [6.45, 7) is 5.13. The summed E-state index contributed by atoms with van der Waals surface area (Å²) in [5.41, 5.74) is 0. The van der Waals surface area contributed by atoms with E-state index in [1.807, 2.05) is 0 Å². The average molecular weight is 312 g/mol. The first-order valence-corrected chi connectivity index (χ1v) is 10.3. The van der Waals surface area contributed by atoms with E-state index in [9.17, 15) is 8.42 Å². The molecule has 0 N–H and O–H groups in total. The molecule has 2 aliphatic heterocycles. The fourth-order valence-electron chi connectivity index (χ4n) is 3.95. The molecule has 0 spiro atoms. The Morgan fingerprint density at radius 3 is 2.29 bits per heavy atom. The molecule has 0 aromatic heterocycles. The van der Waals surface area contributed by atoms with Crippen molar-refractivity contribution in [3.8, 4) is 0 Å². The number of hydrogen-bond donors (Lipinski definition) is 0. The molecule has 2 saturated heterocycles. The Kier molecular flexibility index (Phi) is 5.02. The number of sulfone groups is 1. The summed E-state index contributed by atoms with van der Waals surface area (Å²) >= 11 is 0. The van der Waals surface area contributed by atoms with Crippen molar-refractivity contribution in [2.75, 3.05) is 44.2 Å². The van der Waals surface area contributed by atoms with Crippen LogP contribution in [0.3, 0.4) is 0 Å². The lowest BCUT2D eigenvalue weighted by Gasteiger charge is -2.41. The summed E-state index contributed by atoms with van der Waals surface area (Å²) in [4.78, 5) is 5.04. The van der Waals surface area contributed by atoms with Gasteiger partial charge >= 0.3 is 0 Å². The molecule has 0 aromatic rings. The minimum absolute atomic E-state index is 0.363. The number of likely N-dealkylation sites (tertiary alicyclic amines) is 1. The molecule has 21 heavy (non-hydrogen) atoms. The molecule has 120 valence electrons. The highest BCUT2D eigenvalue weighted by Gasteiger charge is 2.30. The molecule has 5 heteroatoms. The molecule has 0 amide bonds. The average Bonchev–Trinajstić information content (AvgIpc) is 2.49. The minimum atomic E-state index is -2.74. The maximum Gasteiger partial charge on any atom is 0.152 e. The van der Waals surface area contributed by atoms with E-state index >= 15 is 0 Å². The third kappa shape index (κ3) is 4.30. The summed E-state index contributed by atoms with van der Waals surface area (Å²) in [6.07, 6.45) is 10.9. The van der Waals surface area contributed by atoms with Crippen molar-refractivity contribution in [1.82, 2.24) is 9.80 Å². The van der Waals surface area contributed by atoms with E-state index in [-0.39, 0.29) is 0 Å². The van der Waals surface area contributed by atoms with Crippen molar-refractivity contribution in [1.29, 1.82) is 0 Å².